The van der Waals surface area contributed by atoms with Crippen molar-refractivity contribution in [3.8, 4) is 0 Å². The van der Waals surface area contributed by atoms with Gasteiger partial charge in [-0.3, -0.25) is 13.9 Å². The van der Waals surface area contributed by atoms with Gasteiger partial charge in [0.2, 0.25) is 5.91 Å². The average molecular weight is 468 g/mol. The molecular weight excluding hydrogens is 438 g/mol. The van der Waals surface area contributed by atoms with E-state index in [0.29, 0.717) is 6.54 Å². The Morgan fingerprint density at radius 1 is 0.971 bits per heavy atom. The largest absolute Gasteiger partial charge is 0.378 e. The molecule has 7 nitrogen and oxygen atoms in total. The first-order valence-electron chi connectivity index (χ1n) is 11.7. The molecule has 3 aromatic carbocycles. The Balaban J connectivity index is 1.43. The van der Waals surface area contributed by atoms with E-state index in [9.17, 15) is 9.59 Å². The molecule has 0 fully saturated rings. The number of nitrogens with one attached hydrogen (secondary N) is 2. The highest BCUT2D eigenvalue weighted by molar-refractivity contribution is 5.85. The molecule has 2 N–H and O–H groups in total. The molecule has 1 amide bonds. The molecule has 35 heavy (non-hydrogen) atoms. The highest BCUT2D eigenvalue weighted by atomic mass is 16.2. The van der Waals surface area contributed by atoms with Crippen molar-refractivity contribution in [1.29, 1.82) is 0 Å². The maximum atomic E-state index is 13.0. The number of benzene rings is 3. The lowest BCUT2D eigenvalue weighted by Gasteiger charge is -2.20. The van der Waals surface area contributed by atoms with E-state index in [1.54, 1.807) is 11.6 Å². The fraction of sp³-hybridized carbons (Fsp3) is 0.214. The molecule has 0 radical (unpaired) electrons. The number of rotatable bonds is 7. The molecule has 0 aliphatic carbocycles. The Morgan fingerprint density at radius 2 is 1.66 bits per heavy atom. The molecule has 0 aliphatic rings. The van der Waals surface area contributed by atoms with Gasteiger partial charge in [-0.05, 0) is 41.5 Å². The number of para-hydroxylation sites is 3. The lowest BCUT2D eigenvalue weighted by atomic mass is 9.90. The van der Waals surface area contributed by atoms with Crippen molar-refractivity contribution in [3.63, 3.8) is 0 Å². The second-order valence-corrected chi connectivity index (χ2v) is 9.05. The first-order chi connectivity index (χ1) is 16.9. The zero-order valence-corrected chi connectivity index (χ0v) is 20.2. The van der Waals surface area contributed by atoms with Crippen molar-refractivity contribution < 1.29 is 4.79 Å². The van der Waals surface area contributed by atoms with Crippen LogP contribution in [0, 0.1) is 0 Å². The number of nitrogens with zero attached hydrogens (tertiary/aromatic N) is 3. The maximum absolute atomic E-state index is 13.0. The van der Waals surface area contributed by atoms with Gasteiger partial charge >= 0.3 is 5.69 Å². The summed E-state index contributed by atoms with van der Waals surface area (Å²) in [6.45, 7) is 0.391. The zero-order chi connectivity index (χ0) is 24.5. The van der Waals surface area contributed by atoms with Gasteiger partial charge in [0.1, 0.15) is 6.54 Å². The quantitative estimate of drug-likeness (QED) is 0.382. The molecule has 178 valence electrons. The van der Waals surface area contributed by atoms with E-state index in [1.807, 2.05) is 56.7 Å². The smallest absolute Gasteiger partial charge is 0.329 e. The number of H-pyrrole nitrogens is 1. The first kappa shape index (κ1) is 22.5. The van der Waals surface area contributed by atoms with Crippen LogP contribution >= 0.6 is 0 Å². The third-order valence-corrected chi connectivity index (χ3v) is 6.67. The summed E-state index contributed by atoms with van der Waals surface area (Å²) in [6.07, 6.45) is 2.02. The molecule has 0 bridgehead atoms. The van der Waals surface area contributed by atoms with Crippen molar-refractivity contribution in [1.82, 2.24) is 19.4 Å². The number of hydrogen-bond acceptors (Lipinski definition) is 3. The fourth-order valence-corrected chi connectivity index (χ4v) is 4.73. The standard InChI is InChI=1S/C28H29N5O2/c1-31(2)20-14-12-19(13-15-20)22(23-17-29-24-9-5-4-8-21(23)24)16-30-27(34)18-33-26-11-7-6-10-25(26)32(3)28(33)35/h4-15,17,22,29H,16,18H2,1-3H3,(H,30,34)/t22-/m0/s1. The SMILES string of the molecule is CN(C)c1ccc([C@H](CNC(=O)Cn2c(=O)n(C)c3ccccc32)c2c[nH]c3ccccc23)cc1. The van der Waals surface area contributed by atoms with Gasteiger partial charge in [-0.15, -0.1) is 0 Å². The predicted molar refractivity (Wildman–Crippen MR) is 141 cm³/mol. The summed E-state index contributed by atoms with van der Waals surface area (Å²) in [6, 6.07) is 24.1. The van der Waals surface area contributed by atoms with E-state index < -0.39 is 0 Å². The number of imidazole rings is 1. The zero-order valence-electron chi connectivity index (χ0n) is 20.2. The minimum Gasteiger partial charge on any atom is -0.378 e. The number of anilines is 1. The Labute approximate surface area is 203 Å². The summed E-state index contributed by atoms with van der Waals surface area (Å²) in [5.74, 6) is -0.242. The van der Waals surface area contributed by atoms with E-state index in [2.05, 4.69) is 51.6 Å². The third-order valence-electron chi connectivity index (χ3n) is 6.67. The van der Waals surface area contributed by atoms with Crippen molar-refractivity contribution >= 4 is 33.5 Å². The van der Waals surface area contributed by atoms with Gasteiger partial charge < -0.3 is 15.2 Å². The van der Waals surface area contributed by atoms with Gasteiger partial charge in [0.15, 0.2) is 0 Å². The molecule has 2 heterocycles. The minimum atomic E-state index is -0.200. The molecule has 0 saturated heterocycles. The van der Waals surface area contributed by atoms with E-state index in [0.717, 1.165) is 38.8 Å². The van der Waals surface area contributed by atoms with Gasteiger partial charge in [-0.2, -0.15) is 0 Å². The van der Waals surface area contributed by atoms with E-state index in [-0.39, 0.29) is 24.1 Å². The molecule has 0 unspecified atom stereocenters. The topological polar surface area (TPSA) is 75.1 Å². The Morgan fingerprint density at radius 3 is 2.40 bits per heavy atom. The minimum absolute atomic E-state index is 0.0274. The summed E-state index contributed by atoms with van der Waals surface area (Å²) in [4.78, 5) is 31.2. The number of carbonyl (C=O) groups is 1. The van der Waals surface area contributed by atoms with Crippen LogP contribution in [0.15, 0.2) is 83.8 Å². The van der Waals surface area contributed by atoms with Crippen LogP contribution in [-0.4, -0.2) is 40.7 Å². The lowest BCUT2D eigenvalue weighted by Crippen LogP contribution is -2.35. The molecule has 0 saturated carbocycles. The molecule has 5 rings (SSSR count). The first-order valence-corrected chi connectivity index (χ1v) is 11.7. The number of hydrogen-bond donors (Lipinski definition) is 2. The van der Waals surface area contributed by atoms with Crippen molar-refractivity contribution in [3.05, 3.63) is 101 Å². The second-order valence-electron chi connectivity index (χ2n) is 9.05. The van der Waals surface area contributed by atoms with Crippen molar-refractivity contribution in [2.45, 2.75) is 12.5 Å². The number of amides is 1. The van der Waals surface area contributed by atoms with Gasteiger partial charge in [0, 0.05) is 56.4 Å². The molecule has 2 aromatic heterocycles. The molecule has 0 aliphatic heterocycles. The summed E-state index contributed by atoms with van der Waals surface area (Å²) in [5, 5.41) is 4.22. The molecule has 1 atom stereocenters. The highest BCUT2D eigenvalue weighted by Crippen LogP contribution is 2.31. The summed E-state index contributed by atoms with van der Waals surface area (Å²) in [7, 11) is 5.76. The predicted octanol–water partition coefficient (Wildman–Crippen LogP) is 3.84. The van der Waals surface area contributed by atoms with Crippen LogP contribution in [0.25, 0.3) is 21.9 Å². The van der Waals surface area contributed by atoms with E-state index in [1.165, 1.54) is 4.57 Å². The summed E-state index contributed by atoms with van der Waals surface area (Å²) < 4.78 is 3.10. The summed E-state index contributed by atoms with van der Waals surface area (Å²) >= 11 is 0. The molecule has 0 spiro atoms. The highest BCUT2D eigenvalue weighted by Gasteiger charge is 2.20. The average Bonchev–Trinajstić information content (AvgIpc) is 3.40. The Kier molecular flexibility index (Phi) is 5.91. The van der Waals surface area contributed by atoms with Crippen molar-refractivity contribution in [2.24, 2.45) is 7.05 Å². The third kappa shape index (κ3) is 4.21. The Hall–Kier alpha value is -4.26. The van der Waals surface area contributed by atoms with E-state index >= 15 is 0 Å². The van der Waals surface area contributed by atoms with Crippen LogP contribution < -0.4 is 15.9 Å². The lowest BCUT2D eigenvalue weighted by molar-refractivity contribution is -0.121. The number of aryl methyl sites for hydroxylation is 1. The summed E-state index contributed by atoms with van der Waals surface area (Å²) in [5.41, 5.74) is 5.78. The number of fused-ring (bicyclic) bond motifs is 2. The maximum Gasteiger partial charge on any atom is 0.329 e. The fourth-order valence-electron chi connectivity index (χ4n) is 4.73. The monoisotopic (exact) mass is 467 g/mol. The van der Waals surface area contributed by atoms with Gasteiger partial charge in [-0.1, -0.05) is 42.5 Å². The second kappa shape index (κ2) is 9.18. The van der Waals surface area contributed by atoms with Gasteiger partial charge in [0.05, 0.1) is 11.0 Å². The van der Waals surface area contributed by atoms with Gasteiger partial charge in [-0.25, -0.2) is 4.79 Å². The molecule has 5 aromatic rings. The van der Waals surface area contributed by atoms with Crippen LogP contribution in [0.2, 0.25) is 0 Å². The van der Waals surface area contributed by atoms with Crippen LogP contribution in [0.5, 0.6) is 0 Å². The number of aromatic amines is 1. The van der Waals surface area contributed by atoms with Crippen LogP contribution in [-0.2, 0) is 18.4 Å². The van der Waals surface area contributed by atoms with E-state index in [4.69, 9.17) is 0 Å². The van der Waals surface area contributed by atoms with Crippen molar-refractivity contribution in [2.75, 3.05) is 25.5 Å². The number of carbonyl (C=O) groups excluding carboxylic acids is 1. The Bertz CT molecular complexity index is 1560. The van der Waals surface area contributed by atoms with Crippen LogP contribution in [0.4, 0.5) is 5.69 Å². The number of aromatic nitrogens is 3. The molecule has 7 heteroatoms. The van der Waals surface area contributed by atoms with Crippen LogP contribution in [0.1, 0.15) is 17.0 Å². The van der Waals surface area contributed by atoms with Crippen LogP contribution in [0.3, 0.4) is 0 Å². The molecular formula is C28H29N5O2. The normalized spacial score (nSPS) is 12.2. The van der Waals surface area contributed by atoms with Gasteiger partial charge in [0.25, 0.3) is 0 Å².